The number of nitrogens with two attached hydrogens (primary N) is 1. The topological polar surface area (TPSA) is 70.6 Å². The van der Waals surface area contributed by atoms with Crippen molar-refractivity contribution < 1.29 is 9.60 Å². The number of nitrogens with one attached hydrogen (secondary N) is 1. The first-order valence-electron chi connectivity index (χ1n) is 6.66. The van der Waals surface area contributed by atoms with Gasteiger partial charge in [0.05, 0.1) is 5.56 Å². The van der Waals surface area contributed by atoms with Crippen molar-refractivity contribution >= 4 is 5.84 Å². The Morgan fingerprint density at radius 3 is 2.84 bits per heavy atom. The van der Waals surface area contributed by atoms with Gasteiger partial charge in [-0.05, 0) is 19.0 Å². The van der Waals surface area contributed by atoms with Crippen LogP contribution in [0.2, 0.25) is 0 Å². The van der Waals surface area contributed by atoms with Crippen molar-refractivity contribution in [3.8, 4) is 0 Å². The average Bonchev–Trinajstić information content (AvgIpc) is 2.43. The lowest BCUT2D eigenvalue weighted by atomic mass is 10.1. The Labute approximate surface area is 113 Å². The number of unbranched alkanes of at least 4 members (excludes halogenated alkanes) is 3. The molecule has 0 bridgehead atoms. The molecule has 0 aliphatic carbocycles. The molecule has 0 fully saturated rings. The molecule has 0 spiro atoms. The monoisotopic (exact) mass is 267 g/mol. The van der Waals surface area contributed by atoms with E-state index < -0.39 is 5.82 Å². The highest BCUT2D eigenvalue weighted by molar-refractivity contribution is 5.97. The van der Waals surface area contributed by atoms with Gasteiger partial charge in [-0.25, -0.2) is 4.39 Å². The van der Waals surface area contributed by atoms with E-state index in [4.69, 9.17) is 10.9 Å². The first-order valence-corrected chi connectivity index (χ1v) is 6.66. The molecule has 0 heterocycles. The van der Waals surface area contributed by atoms with Crippen LogP contribution in [-0.4, -0.2) is 17.6 Å². The van der Waals surface area contributed by atoms with Gasteiger partial charge in [-0.2, -0.15) is 0 Å². The molecule has 5 heteroatoms. The minimum absolute atomic E-state index is 0.132. The highest BCUT2D eigenvalue weighted by atomic mass is 19.1. The number of oxime groups is 1. The van der Waals surface area contributed by atoms with Crippen molar-refractivity contribution in [3.63, 3.8) is 0 Å². The molecule has 0 saturated heterocycles. The second-order valence-corrected chi connectivity index (χ2v) is 4.50. The lowest BCUT2D eigenvalue weighted by molar-refractivity contribution is 0.318. The Kier molecular flexibility index (Phi) is 6.89. The maximum Gasteiger partial charge on any atom is 0.173 e. The summed E-state index contributed by atoms with van der Waals surface area (Å²) in [7, 11) is 0. The number of amidine groups is 1. The third kappa shape index (κ3) is 4.87. The van der Waals surface area contributed by atoms with E-state index in [0.717, 1.165) is 13.0 Å². The maximum absolute atomic E-state index is 14.0. The molecule has 1 rings (SSSR count). The zero-order valence-corrected chi connectivity index (χ0v) is 11.3. The number of hydrogen-bond acceptors (Lipinski definition) is 3. The molecule has 0 amide bonds. The number of hydrogen-bond donors (Lipinski definition) is 3. The molecule has 19 heavy (non-hydrogen) atoms. The van der Waals surface area contributed by atoms with Crippen LogP contribution in [0, 0.1) is 5.82 Å². The van der Waals surface area contributed by atoms with Gasteiger partial charge in [-0.3, -0.25) is 0 Å². The van der Waals surface area contributed by atoms with Gasteiger partial charge in [0.25, 0.3) is 0 Å². The first kappa shape index (κ1) is 15.4. The summed E-state index contributed by atoms with van der Waals surface area (Å²) >= 11 is 0. The highest BCUT2D eigenvalue weighted by Gasteiger charge is 2.10. The molecule has 1 aromatic carbocycles. The van der Waals surface area contributed by atoms with Crippen LogP contribution in [0.4, 0.5) is 4.39 Å². The Morgan fingerprint density at radius 2 is 2.16 bits per heavy atom. The summed E-state index contributed by atoms with van der Waals surface area (Å²) in [4.78, 5) is 0. The zero-order chi connectivity index (χ0) is 14.1. The van der Waals surface area contributed by atoms with Crippen molar-refractivity contribution in [2.45, 2.75) is 39.2 Å². The van der Waals surface area contributed by atoms with Gasteiger partial charge in [0.1, 0.15) is 5.82 Å². The normalized spacial score (nSPS) is 11.8. The second-order valence-electron chi connectivity index (χ2n) is 4.50. The SMILES string of the molecule is CCCCCCNCc1cccc(/C(N)=N/O)c1F. The molecule has 0 aliphatic rings. The van der Waals surface area contributed by atoms with Crippen LogP contribution in [0.15, 0.2) is 23.4 Å². The minimum Gasteiger partial charge on any atom is -0.409 e. The molecule has 0 saturated carbocycles. The molecule has 0 atom stereocenters. The van der Waals surface area contributed by atoms with E-state index in [2.05, 4.69) is 17.4 Å². The predicted molar refractivity (Wildman–Crippen MR) is 74.8 cm³/mol. The molecule has 0 radical (unpaired) electrons. The molecule has 4 N–H and O–H groups in total. The summed E-state index contributed by atoms with van der Waals surface area (Å²) in [6.07, 6.45) is 4.72. The van der Waals surface area contributed by atoms with Crippen LogP contribution >= 0.6 is 0 Å². The molecule has 0 unspecified atom stereocenters. The quantitative estimate of drug-likeness (QED) is 0.223. The fraction of sp³-hybridized carbons (Fsp3) is 0.500. The molecular formula is C14H22FN3O. The number of rotatable bonds is 8. The third-order valence-corrected chi connectivity index (χ3v) is 2.98. The van der Waals surface area contributed by atoms with Gasteiger partial charge >= 0.3 is 0 Å². The van der Waals surface area contributed by atoms with E-state index in [-0.39, 0.29) is 11.4 Å². The summed E-state index contributed by atoms with van der Waals surface area (Å²) in [5, 5.41) is 14.6. The standard InChI is InChI=1S/C14H22FN3O/c1-2-3-4-5-9-17-10-11-7-6-8-12(13(11)15)14(16)18-19/h6-8,17,19H,2-5,9-10H2,1H3,(H2,16,18). The van der Waals surface area contributed by atoms with Gasteiger partial charge in [0.2, 0.25) is 0 Å². The van der Waals surface area contributed by atoms with Crippen LogP contribution in [0.3, 0.4) is 0 Å². The van der Waals surface area contributed by atoms with Crippen molar-refractivity contribution in [2.75, 3.05) is 6.54 Å². The maximum atomic E-state index is 14.0. The summed E-state index contributed by atoms with van der Waals surface area (Å²) < 4.78 is 14.0. The summed E-state index contributed by atoms with van der Waals surface area (Å²) in [5.41, 5.74) is 6.07. The smallest absolute Gasteiger partial charge is 0.173 e. The fourth-order valence-corrected chi connectivity index (χ4v) is 1.87. The van der Waals surface area contributed by atoms with E-state index in [1.165, 1.54) is 25.3 Å². The molecule has 1 aromatic rings. The highest BCUT2D eigenvalue weighted by Crippen LogP contribution is 2.12. The average molecular weight is 267 g/mol. The van der Waals surface area contributed by atoms with Crippen LogP contribution in [0.5, 0.6) is 0 Å². The number of halogens is 1. The second kappa shape index (κ2) is 8.48. The Morgan fingerprint density at radius 1 is 1.37 bits per heavy atom. The Balaban J connectivity index is 2.50. The molecule has 0 aromatic heterocycles. The van der Waals surface area contributed by atoms with Crippen LogP contribution in [0.1, 0.15) is 43.7 Å². The molecular weight excluding hydrogens is 245 g/mol. The number of nitrogens with zero attached hydrogens (tertiary/aromatic N) is 1. The first-order chi connectivity index (χ1) is 9.20. The Hall–Kier alpha value is -1.62. The van der Waals surface area contributed by atoms with Crippen LogP contribution in [-0.2, 0) is 6.54 Å². The lowest BCUT2D eigenvalue weighted by Gasteiger charge is -2.08. The fourth-order valence-electron chi connectivity index (χ4n) is 1.87. The summed E-state index contributed by atoms with van der Waals surface area (Å²) in [6.45, 7) is 3.49. The van der Waals surface area contributed by atoms with Gasteiger partial charge in [-0.15, -0.1) is 0 Å². The third-order valence-electron chi connectivity index (χ3n) is 2.98. The molecule has 0 aliphatic heterocycles. The van der Waals surface area contributed by atoms with Gasteiger partial charge in [-0.1, -0.05) is 43.5 Å². The van der Waals surface area contributed by atoms with E-state index in [1.807, 2.05) is 0 Å². The summed E-state index contributed by atoms with van der Waals surface area (Å²) in [6, 6.07) is 4.89. The van der Waals surface area contributed by atoms with E-state index in [1.54, 1.807) is 12.1 Å². The van der Waals surface area contributed by atoms with E-state index in [9.17, 15) is 4.39 Å². The van der Waals surface area contributed by atoms with Crippen LogP contribution < -0.4 is 11.1 Å². The zero-order valence-electron chi connectivity index (χ0n) is 11.3. The minimum atomic E-state index is -0.432. The van der Waals surface area contributed by atoms with E-state index in [0.29, 0.717) is 12.1 Å². The van der Waals surface area contributed by atoms with Crippen molar-refractivity contribution in [3.05, 3.63) is 35.1 Å². The van der Waals surface area contributed by atoms with Gasteiger partial charge in [0, 0.05) is 12.1 Å². The number of benzene rings is 1. The van der Waals surface area contributed by atoms with Gasteiger partial charge in [0.15, 0.2) is 5.84 Å². The van der Waals surface area contributed by atoms with Crippen LogP contribution in [0.25, 0.3) is 0 Å². The van der Waals surface area contributed by atoms with Gasteiger partial charge < -0.3 is 16.3 Å². The predicted octanol–water partition coefficient (Wildman–Crippen LogP) is 2.59. The molecule has 4 nitrogen and oxygen atoms in total. The van der Waals surface area contributed by atoms with Crippen molar-refractivity contribution in [1.29, 1.82) is 0 Å². The largest absolute Gasteiger partial charge is 0.409 e. The van der Waals surface area contributed by atoms with E-state index >= 15 is 0 Å². The van der Waals surface area contributed by atoms with Crippen molar-refractivity contribution in [2.24, 2.45) is 10.9 Å². The molecule has 106 valence electrons. The Bertz CT molecular complexity index is 421. The lowest BCUT2D eigenvalue weighted by Crippen LogP contribution is -2.19. The van der Waals surface area contributed by atoms with Crippen molar-refractivity contribution in [1.82, 2.24) is 5.32 Å². The summed E-state index contributed by atoms with van der Waals surface area (Å²) in [5.74, 6) is -0.638.